The molecule has 2 atom stereocenters. The van der Waals surface area contributed by atoms with E-state index in [4.69, 9.17) is 34.9 Å². The minimum Gasteiger partial charge on any atom is -0.426 e. The van der Waals surface area contributed by atoms with Gasteiger partial charge in [0.05, 0.1) is 20.3 Å². The van der Waals surface area contributed by atoms with Gasteiger partial charge < -0.3 is 4.52 Å². The fraction of sp³-hybridized carbons (Fsp3) is 0.412. The molecular formula is C17H20ClN2O7P. The summed E-state index contributed by atoms with van der Waals surface area (Å²) in [4.78, 5) is 35.2. The minimum absolute atomic E-state index is 0.0680. The second kappa shape index (κ2) is 9.65. The fourth-order valence-electron chi connectivity index (χ4n) is 2.62. The van der Waals surface area contributed by atoms with Gasteiger partial charge in [-0.1, -0.05) is 29.8 Å². The van der Waals surface area contributed by atoms with Crippen molar-refractivity contribution in [2.24, 2.45) is 0 Å². The topological polar surface area (TPSA) is 101 Å². The van der Waals surface area contributed by atoms with Crippen LogP contribution in [0.3, 0.4) is 0 Å². The van der Waals surface area contributed by atoms with Crippen LogP contribution in [0.15, 0.2) is 34.0 Å². The maximum atomic E-state index is 11.8. The summed E-state index contributed by atoms with van der Waals surface area (Å²) in [5.41, 5.74) is 0.806. The molecule has 0 saturated carbocycles. The first kappa shape index (κ1) is 21.0. The highest BCUT2D eigenvalue weighted by molar-refractivity contribution is 7.42. The molecule has 0 saturated heterocycles. The molecule has 1 aromatic carbocycles. The van der Waals surface area contributed by atoms with Crippen LogP contribution < -0.4 is 15.8 Å². The molecule has 1 N–H and O–H groups in total. The lowest BCUT2D eigenvalue weighted by atomic mass is 10.1. The maximum Gasteiger partial charge on any atom is 0.397 e. The van der Waals surface area contributed by atoms with E-state index >= 15 is 0 Å². The van der Waals surface area contributed by atoms with Gasteiger partial charge >= 0.3 is 14.3 Å². The number of aryl methyl sites for hydroxylation is 2. The third kappa shape index (κ3) is 5.20. The van der Waals surface area contributed by atoms with Gasteiger partial charge in [-0.05, 0) is 18.9 Å². The van der Waals surface area contributed by atoms with Crippen LogP contribution >= 0.6 is 20.2 Å². The molecule has 2 unspecified atom stereocenters. The molecule has 2 heterocycles. The van der Waals surface area contributed by atoms with Crippen molar-refractivity contribution in [2.75, 3.05) is 13.7 Å². The molecule has 1 aliphatic rings. The second-order valence-corrected chi connectivity index (χ2v) is 7.60. The first-order valence-corrected chi connectivity index (χ1v) is 9.96. The van der Waals surface area contributed by atoms with Crippen LogP contribution in [0, 0.1) is 6.92 Å². The van der Waals surface area contributed by atoms with Gasteiger partial charge in [0, 0.05) is 18.3 Å². The van der Waals surface area contributed by atoms with Crippen molar-refractivity contribution in [3.8, 4) is 5.75 Å². The van der Waals surface area contributed by atoms with Gasteiger partial charge in [0.15, 0.2) is 0 Å². The molecule has 2 aromatic rings. The van der Waals surface area contributed by atoms with Gasteiger partial charge in [0.2, 0.25) is 0 Å². The zero-order valence-electron chi connectivity index (χ0n) is 15.3. The fourth-order valence-corrected chi connectivity index (χ4v) is 3.90. The largest absolute Gasteiger partial charge is 0.426 e. The summed E-state index contributed by atoms with van der Waals surface area (Å²) >= 11 is 5.76. The first-order chi connectivity index (χ1) is 13.5. The molecule has 0 aliphatic carbocycles. The Kier molecular flexibility index (Phi) is 7.23. The number of rotatable bonds is 8. The number of halogens is 1. The molecule has 0 bridgehead atoms. The lowest BCUT2D eigenvalue weighted by molar-refractivity contribution is -0.310. The van der Waals surface area contributed by atoms with Crippen LogP contribution in [0.1, 0.15) is 17.5 Å². The number of fused-ring (bicyclic) bond motifs is 1. The Bertz CT molecular complexity index is 932. The van der Waals surface area contributed by atoms with Crippen LogP contribution in [0.2, 0.25) is 5.02 Å². The molecule has 1 aliphatic heterocycles. The van der Waals surface area contributed by atoms with E-state index in [1.165, 1.54) is 17.9 Å². The highest BCUT2D eigenvalue weighted by Gasteiger charge is 2.26. The van der Waals surface area contributed by atoms with Gasteiger partial charge in [0.1, 0.15) is 16.9 Å². The highest BCUT2D eigenvalue weighted by atomic mass is 35.5. The Morgan fingerprint density at radius 1 is 1.39 bits per heavy atom. The molecule has 3 rings (SSSR count). The number of aromatic amines is 1. The minimum atomic E-state index is -1.57. The van der Waals surface area contributed by atoms with Gasteiger partial charge in [-0.3, -0.25) is 23.4 Å². The number of benzene rings is 1. The zero-order chi connectivity index (χ0) is 20.1. The molecule has 0 radical (unpaired) electrons. The Balaban J connectivity index is 1.57. The van der Waals surface area contributed by atoms with Crippen molar-refractivity contribution in [3.05, 3.63) is 61.4 Å². The normalized spacial score (nSPS) is 17.0. The van der Waals surface area contributed by atoms with Crippen LogP contribution in [0.5, 0.6) is 5.75 Å². The molecule has 152 valence electrons. The third-order valence-electron chi connectivity index (χ3n) is 4.04. The molecule has 28 heavy (non-hydrogen) atoms. The number of hydrogen-bond acceptors (Lipinski definition) is 7. The Hall–Kier alpha value is -1.74. The summed E-state index contributed by atoms with van der Waals surface area (Å²) in [7, 11) is -0.188. The van der Waals surface area contributed by atoms with Crippen molar-refractivity contribution in [3.63, 3.8) is 0 Å². The van der Waals surface area contributed by atoms with Crippen molar-refractivity contribution in [2.45, 2.75) is 32.6 Å². The highest BCUT2D eigenvalue weighted by Crippen LogP contribution is 2.48. The summed E-state index contributed by atoms with van der Waals surface area (Å²) in [5.74, 6) is 0.776. The summed E-state index contributed by atoms with van der Waals surface area (Å²) in [5, 5.41) is -0.0680. The lowest BCUT2D eigenvalue weighted by Gasteiger charge is -2.26. The molecular weight excluding hydrogens is 411 g/mol. The average Bonchev–Trinajstić information content (AvgIpc) is 2.68. The second-order valence-electron chi connectivity index (χ2n) is 6.05. The van der Waals surface area contributed by atoms with Gasteiger partial charge in [-0.2, -0.15) is 0 Å². The summed E-state index contributed by atoms with van der Waals surface area (Å²) < 4.78 is 18.4. The smallest absolute Gasteiger partial charge is 0.397 e. The molecule has 0 spiro atoms. The monoisotopic (exact) mass is 430 g/mol. The predicted molar refractivity (Wildman–Crippen MR) is 102 cm³/mol. The SMILES string of the molecule is COOC(CCn1cc(Cl)c(=O)[nH]c1=O)COP1OCc2cccc(C)c2O1. The van der Waals surface area contributed by atoms with E-state index in [9.17, 15) is 9.59 Å². The van der Waals surface area contributed by atoms with E-state index < -0.39 is 26.0 Å². The standard InChI is InChI=1S/C17H20ClN2O7P/c1-11-4-3-5-12-9-24-28(27-15(11)12)25-10-13(26-23-2)6-7-20-8-14(18)16(21)19-17(20)22/h3-5,8,13H,6-7,9-10H2,1-2H3,(H,19,21,22). The quantitative estimate of drug-likeness (QED) is 0.390. The summed E-state index contributed by atoms with van der Waals surface area (Å²) in [6.07, 6.45) is 1.16. The lowest BCUT2D eigenvalue weighted by Crippen LogP contribution is -2.31. The number of aromatic nitrogens is 2. The zero-order valence-corrected chi connectivity index (χ0v) is 17.0. The predicted octanol–water partition coefficient (Wildman–Crippen LogP) is 2.69. The number of hydrogen-bond donors (Lipinski definition) is 1. The van der Waals surface area contributed by atoms with Crippen molar-refractivity contribution >= 4 is 20.2 Å². The van der Waals surface area contributed by atoms with Crippen LogP contribution in [-0.2, 0) is 32.0 Å². The number of H-pyrrole nitrogens is 1. The van der Waals surface area contributed by atoms with E-state index in [0.717, 1.165) is 16.9 Å². The number of nitrogens with zero attached hydrogens (tertiary/aromatic N) is 1. The van der Waals surface area contributed by atoms with E-state index in [0.29, 0.717) is 13.0 Å². The molecule has 9 nitrogen and oxygen atoms in total. The molecule has 1 aromatic heterocycles. The molecule has 0 fully saturated rings. The van der Waals surface area contributed by atoms with Crippen LogP contribution in [-0.4, -0.2) is 29.4 Å². The van der Waals surface area contributed by atoms with E-state index in [2.05, 4.69) is 4.98 Å². The van der Waals surface area contributed by atoms with Crippen molar-refractivity contribution < 1.29 is 23.3 Å². The van der Waals surface area contributed by atoms with Gasteiger partial charge in [0.25, 0.3) is 5.56 Å². The van der Waals surface area contributed by atoms with Crippen LogP contribution in [0.4, 0.5) is 0 Å². The number of para-hydroxylation sites is 1. The van der Waals surface area contributed by atoms with E-state index in [1.54, 1.807) is 0 Å². The maximum absolute atomic E-state index is 11.8. The Morgan fingerprint density at radius 2 is 2.21 bits per heavy atom. The molecule has 11 heteroatoms. The average molecular weight is 431 g/mol. The van der Waals surface area contributed by atoms with Crippen molar-refractivity contribution in [1.29, 1.82) is 0 Å². The van der Waals surface area contributed by atoms with E-state index in [-0.39, 0.29) is 18.2 Å². The van der Waals surface area contributed by atoms with Gasteiger partial charge in [-0.25, -0.2) is 14.6 Å². The van der Waals surface area contributed by atoms with E-state index in [1.807, 2.05) is 25.1 Å². The number of nitrogens with one attached hydrogen (secondary N) is 1. The first-order valence-electron chi connectivity index (χ1n) is 8.49. The van der Waals surface area contributed by atoms with Crippen LogP contribution in [0.25, 0.3) is 0 Å². The van der Waals surface area contributed by atoms with Gasteiger partial charge in [-0.15, -0.1) is 0 Å². The molecule has 0 amide bonds. The Labute approximate surface area is 167 Å². The summed E-state index contributed by atoms with van der Waals surface area (Å²) in [6.45, 7) is 2.74. The third-order valence-corrected chi connectivity index (χ3v) is 5.34. The summed E-state index contributed by atoms with van der Waals surface area (Å²) in [6, 6.07) is 5.85. The Morgan fingerprint density at radius 3 is 3.00 bits per heavy atom. The van der Waals surface area contributed by atoms with Crippen molar-refractivity contribution in [1.82, 2.24) is 9.55 Å².